The van der Waals surface area contributed by atoms with Crippen LogP contribution in [0.5, 0.6) is 0 Å². The highest BCUT2D eigenvalue weighted by Crippen LogP contribution is 2.18. The van der Waals surface area contributed by atoms with E-state index in [-0.39, 0.29) is 24.9 Å². The predicted molar refractivity (Wildman–Crippen MR) is 91.6 cm³/mol. The van der Waals surface area contributed by atoms with Crippen LogP contribution in [0.2, 0.25) is 0 Å². The minimum atomic E-state index is -1.15. The Labute approximate surface area is 143 Å². The van der Waals surface area contributed by atoms with Crippen molar-refractivity contribution in [2.24, 2.45) is 5.92 Å². The Kier molecular flexibility index (Phi) is 8.61. The van der Waals surface area contributed by atoms with Gasteiger partial charge in [0.05, 0.1) is 6.54 Å². The molecule has 0 fully saturated rings. The second kappa shape index (κ2) is 9.35. The Balaban J connectivity index is 0.00000484. The first-order valence-electron chi connectivity index (χ1n) is 7.43. The van der Waals surface area contributed by atoms with Crippen LogP contribution < -0.4 is 5.32 Å². The number of hydrogen-bond donors (Lipinski definition) is 2. The molecular formula is C16H26ClN3O3. The summed E-state index contributed by atoms with van der Waals surface area (Å²) in [6, 6.07) is 3.48. The molecule has 0 aromatic carbocycles. The van der Waals surface area contributed by atoms with Crippen LogP contribution in [0, 0.1) is 5.92 Å². The molecule has 23 heavy (non-hydrogen) atoms. The van der Waals surface area contributed by atoms with E-state index in [0.29, 0.717) is 12.5 Å². The lowest BCUT2D eigenvalue weighted by Crippen LogP contribution is -2.56. The highest BCUT2D eigenvalue weighted by Gasteiger charge is 2.37. The molecule has 1 rings (SSSR count). The van der Waals surface area contributed by atoms with Gasteiger partial charge in [-0.1, -0.05) is 13.8 Å². The topological polar surface area (TPSA) is 82.5 Å². The van der Waals surface area contributed by atoms with Crippen molar-refractivity contribution in [2.45, 2.75) is 46.2 Å². The van der Waals surface area contributed by atoms with Gasteiger partial charge in [0.1, 0.15) is 5.54 Å². The lowest BCUT2D eigenvalue weighted by molar-refractivity contribution is -0.131. The van der Waals surface area contributed by atoms with E-state index in [0.717, 1.165) is 16.9 Å². The molecule has 0 unspecified atom stereocenters. The van der Waals surface area contributed by atoms with Crippen molar-refractivity contribution in [1.82, 2.24) is 15.2 Å². The minimum absolute atomic E-state index is 0. The van der Waals surface area contributed by atoms with Crippen LogP contribution in [0.1, 0.15) is 39.7 Å². The summed E-state index contributed by atoms with van der Waals surface area (Å²) < 4.78 is 0. The van der Waals surface area contributed by atoms with Gasteiger partial charge in [-0.3, -0.25) is 14.7 Å². The summed E-state index contributed by atoms with van der Waals surface area (Å²) in [6.45, 7) is 8.07. The predicted octanol–water partition coefficient (Wildman–Crippen LogP) is 2.92. The number of carbonyl (C=O) groups excluding carboxylic acids is 1. The minimum Gasteiger partial charge on any atom is -0.465 e. The Hall–Kier alpha value is -1.82. The van der Waals surface area contributed by atoms with Gasteiger partial charge in [0.25, 0.3) is 0 Å². The number of nitrogens with zero attached hydrogens (tertiary/aromatic N) is 2. The number of aromatic nitrogens is 1. The second-order valence-electron chi connectivity index (χ2n) is 6.22. The van der Waals surface area contributed by atoms with Crippen molar-refractivity contribution < 1.29 is 14.7 Å². The lowest BCUT2D eigenvalue weighted by Gasteiger charge is -2.35. The fourth-order valence-corrected chi connectivity index (χ4v) is 1.99. The van der Waals surface area contributed by atoms with Crippen LogP contribution in [0.25, 0.3) is 0 Å². The second-order valence-corrected chi connectivity index (χ2v) is 6.22. The number of carbonyl (C=O) groups is 2. The van der Waals surface area contributed by atoms with Crippen LogP contribution in [-0.4, -0.2) is 39.1 Å². The number of hydrogen-bond acceptors (Lipinski definition) is 3. The molecule has 0 radical (unpaired) electrons. The van der Waals surface area contributed by atoms with Crippen LogP contribution in [-0.2, 0) is 11.3 Å². The first kappa shape index (κ1) is 21.2. The molecule has 1 heterocycles. The van der Waals surface area contributed by atoms with E-state index in [2.05, 4.69) is 24.1 Å². The van der Waals surface area contributed by atoms with Gasteiger partial charge in [-0.25, -0.2) is 4.79 Å². The average Bonchev–Trinajstić information content (AvgIpc) is 2.44. The zero-order valence-electron chi connectivity index (χ0n) is 14.1. The largest absolute Gasteiger partial charge is 0.465 e. The maximum atomic E-state index is 12.4. The summed E-state index contributed by atoms with van der Waals surface area (Å²) in [5.74, 6) is 0.195. The first-order valence-corrected chi connectivity index (χ1v) is 7.43. The lowest BCUT2D eigenvalue weighted by atomic mass is 10.0. The maximum absolute atomic E-state index is 12.4. The molecule has 1 aromatic rings. The molecule has 7 heteroatoms. The molecular weight excluding hydrogens is 318 g/mol. The summed E-state index contributed by atoms with van der Waals surface area (Å²) in [4.78, 5) is 29.0. The summed E-state index contributed by atoms with van der Waals surface area (Å²) in [5.41, 5.74) is -0.355. The Bertz CT molecular complexity index is 507. The number of amides is 2. The van der Waals surface area contributed by atoms with Crippen molar-refractivity contribution in [3.8, 4) is 0 Å². The fraction of sp³-hybridized carbons (Fsp3) is 0.562. The van der Waals surface area contributed by atoms with Gasteiger partial charge in [0.15, 0.2) is 0 Å². The third kappa shape index (κ3) is 6.44. The number of rotatable bonds is 7. The van der Waals surface area contributed by atoms with Crippen molar-refractivity contribution in [3.63, 3.8) is 0 Å². The SMILES string of the molecule is CC(C)CCNC(=O)C(C)(C)N(Cc1ccncc1)C(=O)O.Cl. The highest BCUT2D eigenvalue weighted by atomic mass is 35.5. The molecule has 1 aromatic heterocycles. The van der Waals surface area contributed by atoms with Gasteiger partial charge in [0, 0.05) is 18.9 Å². The molecule has 0 saturated heterocycles. The Morgan fingerprint density at radius 2 is 1.87 bits per heavy atom. The van der Waals surface area contributed by atoms with Gasteiger partial charge in [-0.2, -0.15) is 0 Å². The standard InChI is InChI=1S/C16H25N3O3.ClH/c1-12(2)5-10-18-14(20)16(3,4)19(15(21)22)11-13-6-8-17-9-7-13;/h6-9,12H,5,10-11H2,1-4H3,(H,18,20)(H,21,22);1H. The quantitative estimate of drug-likeness (QED) is 0.797. The molecule has 0 bridgehead atoms. The highest BCUT2D eigenvalue weighted by molar-refractivity contribution is 5.88. The van der Waals surface area contributed by atoms with Crippen molar-refractivity contribution >= 4 is 24.4 Å². The van der Waals surface area contributed by atoms with Crippen LogP contribution in [0.15, 0.2) is 24.5 Å². The normalized spacial score (nSPS) is 10.8. The smallest absolute Gasteiger partial charge is 0.408 e. The van der Waals surface area contributed by atoms with Gasteiger partial charge in [0.2, 0.25) is 5.91 Å². The van der Waals surface area contributed by atoms with E-state index < -0.39 is 11.6 Å². The Morgan fingerprint density at radius 3 is 2.35 bits per heavy atom. The number of nitrogens with one attached hydrogen (secondary N) is 1. The van der Waals surface area contributed by atoms with E-state index in [1.54, 1.807) is 38.4 Å². The van der Waals surface area contributed by atoms with Gasteiger partial charge < -0.3 is 10.4 Å². The van der Waals surface area contributed by atoms with E-state index in [9.17, 15) is 14.7 Å². The third-order valence-electron chi connectivity index (χ3n) is 3.56. The molecule has 0 atom stereocenters. The van der Waals surface area contributed by atoms with Crippen molar-refractivity contribution in [1.29, 1.82) is 0 Å². The van der Waals surface area contributed by atoms with E-state index >= 15 is 0 Å². The average molecular weight is 344 g/mol. The molecule has 6 nitrogen and oxygen atoms in total. The summed E-state index contributed by atoms with van der Waals surface area (Å²) in [6.07, 6.45) is 2.94. The molecule has 0 spiro atoms. The monoisotopic (exact) mass is 343 g/mol. The van der Waals surface area contributed by atoms with E-state index in [4.69, 9.17) is 0 Å². The van der Waals surface area contributed by atoms with Crippen LogP contribution in [0.4, 0.5) is 4.79 Å². The molecule has 2 N–H and O–H groups in total. The van der Waals surface area contributed by atoms with Gasteiger partial charge >= 0.3 is 6.09 Å². The van der Waals surface area contributed by atoms with Crippen molar-refractivity contribution in [2.75, 3.05) is 6.54 Å². The van der Waals surface area contributed by atoms with E-state index in [1.165, 1.54) is 0 Å². The van der Waals surface area contributed by atoms with Gasteiger partial charge in [-0.15, -0.1) is 12.4 Å². The summed E-state index contributed by atoms with van der Waals surface area (Å²) in [7, 11) is 0. The molecule has 2 amide bonds. The van der Waals surface area contributed by atoms with Crippen molar-refractivity contribution in [3.05, 3.63) is 30.1 Å². The number of carboxylic acid groups (broad SMARTS) is 1. The zero-order valence-corrected chi connectivity index (χ0v) is 14.9. The summed E-state index contributed by atoms with van der Waals surface area (Å²) >= 11 is 0. The zero-order chi connectivity index (χ0) is 16.8. The molecule has 0 aliphatic carbocycles. The van der Waals surface area contributed by atoms with E-state index in [1.807, 2.05) is 0 Å². The number of pyridine rings is 1. The maximum Gasteiger partial charge on any atom is 0.408 e. The van der Waals surface area contributed by atoms with Gasteiger partial charge in [-0.05, 0) is 43.9 Å². The molecule has 0 aliphatic heterocycles. The molecule has 0 saturated carbocycles. The first-order chi connectivity index (χ1) is 10.2. The number of halogens is 1. The summed E-state index contributed by atoms with van der Waals surface area (Å²) in [5, 5.41) is 12.3. The van der Waals surface area contributed by atoms with Crippen LogP contribution >= 0.6 is 12.4 Å². The molecule has 130 valence electrons. The molecule has 0 aliphatic rings. The Morgan fingerprint density at radius 1 is 1.30 bits per heavy atom. The van der Waals surface area contributed by atoms with Crippen LogP contribution in [0.3, 0.4) is 0 Å². The third-order valence-corrected chi connectivity index (χ3v) is 3.56. The fourth-order valence-electron chi connectivity index (χ4n) is 1.99.